The highest BCUT2D eigenvalue weighted by Crippen LogP contribution is 2.31. The Hall–Kier alpha value is -2.40. The van der Waals surface area contributed by atoms with Crippen LogP contribution in [0.15, 0.2) is 66.0 Å². The molecule has 1 aromatic heterocycles. The Morgan fingerprint density at radius 2 is 1.81 bits per heavy atom. The summed E-state index contributed by atoms with van der Waals surface area (Å²) in [6.07, 6.45) is 0.208. The molecule has 0 atom stereocenters. The van der Waals surface area contributed by atoms with E-state index in [1.54, 1.807) is 18.2 Å². The molecular formula is C21H14Cl2N2OS. The van der Waals surface area contributed by atoms with Crippen molar-refractivity contribution in [3.05, 3.63) is 81.7 Å². The summed E-state index contributed by atoms with van der Waals surface area (Å²) in [5, 5.41) is 8.59. The number of carbonyl (C=O) groups is 1. The van der Waals surface area contributed by atoms with Crippen LogP contribution in [0.25, 0.3) is 22.0 Å². The number of nitrogens with one attached hydrogen (secondary N) is 1. The van der Waals surface area contributed by atoms with Gasteiger partial charge in [-0.2, -0.15) is 0 Å². The van der Waals surface area contributed by atoms with E-state index in [2.05, 4.69) is 28.5 Å². The zero-order valence-corrected chi connectivity index (χ0v) is 16.4. The van der Waals surface area contributed by atoms with E-state index in [0.29, 0.717) is 15.2 Å². The van der Waals surface area contributed by atoms with Crippen LogP contribution in [-0.2, 0) is 11.2 Å². The number of anilines is 1. The lowest BCUT2D eigenvalue weighted by Crippen LogP contribution is -2.14. The van der Waals surface area contributed by atoms with Gasteiger partial charge < -0.3 is 5.32 Å². The minimum Gasteiger partial charge on any atom is -0.302 e. The van der Waals surface area contributed by atoms with Gasteiger partial charge >= 0.3 is 0 Å². The molecule has 4 aromatic rings. The Labute approximate surface area is 170 Å². The van der Waals surface area contributed by atoms with Crippen molar-refractivity contribution in [1.29, 1.82) is 0 Å². The van der Waals surface area contributed by atoms with Gasteiger partial charge in [-0.05, 0) is 28.5 Å². The fourth-order valence-corrected chi connectivity index (χ4v) is 3.95. The molecule has 0 aliphatic heterocycles. The van der Waals surface area contributed by atoms with Gasteiger partial charge in [-0.3, -0.25) is 4.79 Å². The van der Waals surface area contributed by atoms with Crippen LogP contribution in [0.2, 0.25) is 10.0 Å². The highest BCUT2D eigenvalue weighted by atomic mass is 35.5. The highest BCUT2D eigenvalue weighted by molar-refractivity contribution is 7.14. The first-order chi connectivity index (χ1) is 13.1. The minimum atomic E-state index is -0.146. The van der Waals surface area contributed by atoms with Crippen molar-refractivity contribution in [3.8, 4) is 11.3 Å². The van der Waals surface area contributed by atoms with E-state index in [4.69, 9.17) is 23.2 Å². The van der Waals surface area contributed by atoms with Gasteiger partial charge in [0.25, 0.3) is 0 Å². The average molecular weight is 413 g/mol. The van der Waals surface area contributed by atoms with Crippen LogP contribution in [0.5, 0.6) is 0 Å². The lowest BCUT2D eigenvalue weighted by atomic mass is 10.0. The van der Waals surface area contributed by atoms with E-state index in [0.717, 1.165) is 27.6 Å². The molecule has 1 amide bonds. The van der Waals surface area contributed by atoms with Crippen LogP contribution in [0, 0.1) is 0 Å². The Kier molecular flexibility index (Phi) is 5.12. The summed E-state index contributed by atoms with van der Waals surface area (Å²) in [6, 6.07) is 19.5. The van der Waals surface area contributed by atoms with Crippen molar-refractivity contribution >= 4 is 56.3 Å². The molecular weight excluding hydrogens is 399 g/mol. The van der Waals surface area contributed by atoms with Crippen LogP contribution in [0.4, 0.5) is 5.13 Å². The molecule has 0 bridgehead atoms. The molecule has 3 nitrogen and oxygen atoms in total. The summed E-state index contributed by atoms with van der Waals surface area (Å²) in [7, 11) is 0. The van der Waals surface area contributed by atoms with Crippen molar-refractivity contribution in [2.75, 3.05) is 5.32 Å². The largest absolute Gasteiger partial charge is 0.302 e. The predicted octanol–water partition coefficient (Wildman–Crippen LogP) is 6.45. The Morgan fingerprint density at radius 3 is 2.67 bits per heavy atom. The van der Waals surface area contributed by atoms with Gasteiger partial charge in [0.15, 0.2) is 5.13 Å². The number of thiazole rings is 1. The molecule has 0 unspecified atom stereocenters. The minimum absolute atomic E-state index is 0.146. The summed E-state index contributed by atoms with van der Waals surface area (Å²) < 4.78 is 0. The molecule has 1 N–H and O–H groups in total. The Bertz CT molecular complexity index is 1130. The number of halogens is 2. The smallest absolute Gasteiger partial charge is 0.230 e. The number of fused-ring (bicyclic) bond motifs is 1. The molecule has 0 radical (unpaired) electrons. The van der Waals surface area contributed by atoms with E-state index < -0.39 is 0 Å². The van der Waals surface area contributed by atoms with Crippen molar-refractivity contribution < 1.29 is 4.79 Å². The summed E-state index contributed by atoms with van der Waals surface area (Å²) in [5.41, 5.74) is 2.70. The maximum Gasteiger partial charge on any atom is 0.230 e. The SMILES string of the molecule is O=C(Cc1ccc(Cl)c(Cl)c1)Nc1nc(-c2cccc3ccccc23)cs1. The number of carbonyl (C=O) groups excluding carboxylic acids is 1. The fourth-order valence-electron chi connectivity index (χ4n) is 2.90. The van der Waals surface area contributed by atoms with Crippen LogP contribution in [-0.4, -0.2) is 10.9 Å². The molecule has 0 aliphatic rings. The van der Waals surface area contributed by atoms with Crippen molar-refractivity contribution in [1.82, 2.24) is 4.98 Å². The van der Waals surface area contributed by atoms with Gasteiger partial charge in [-0.25, -0.2) is 4.98 Å². The predicted molar refractivity (Wildman–Crippen MR) is 114 cm³/mol. The second-order valence-electron chi connectivity index (χ2n) is 6.04. The molecule has 0 saturated heterocycles. The first-order valence-electron chi connectivity index (χ1n) is 8.27. The molecule has 6 heteroatoms. The molecule has 1 heterocycles. The molecule has 0 aliphatic carbocycles. The van der Waals surface area contributed by atoms with Gasteiger partial charge in [0.1, 0.15) is 0 Å². The molecule has 27 heavy (non-hydrogen) atoms. The van der Waals surface area contributed by atoms with E-state index >= 15 is 0 Å². The van der Waals surface area contributed by atoms with Crippen LogP contribution in [0.1, 0.15) is 5.56 Å². The van der Waals surface area contributed by atoms with Crippen molar-refractivity contribution in [2.24, 2.45) is 0 Å². The van der Waals surface area contributed by atoms with Crippen LogP contribution < -0.4 is 5.32 Å². The van der Waals surface area contributed by atoms with Crippen LogP contribution in [0.3, 0.4) is 0 Å². The Balaban J connectivity index is 1.52. The third-order valence-electron chi connectivity index (χ3n) is 4.16. The Morgan fingerprint density at radius 1 is 1.00 bits per heavy atom. The van der Waals surface area contributed by atoms with Crippen LogP contribution >= 0.6 is 34.5 Å². The van der Waals surface area contributed by atoms with E-state index in [1.807, 2.05) is 29.6 Å². The van der Waals surface area contributed by atoms with Gasteiger partial charge in [0.2, 0.25) is 5.91 Å². The molecule has 134 valence electrons. The molecule has 0 fully saturated rings. The highest BCUT2D eigenvalue weighted by Gasteiger charge is 2.11. The topological polar surface area (TPSA) is 42.0 Å². The zero-order valence-electron chi connectivity index (χ0n) is 14.1. The number of hydrogen-bond acceptors (Lipinski definition) is 3. The summed E-state index contributed by atoms with van der Waals surface area (Å²) in [5.74, 6) is -0.146. The molecule has 0 saturated carbocycles. The molecule has 0 spiro atoms. The van der Waals surface area contributed by atoms with Crippen molar-refractivity contribution in [3.63, 3.8) is 0 Å². The summed E-state index contributed by atoms with van der Waals surface area (Å²) in [4.78, 5) is 16.9. The third kappa shape index (κ3) is 3.98. The third-order valence-corrected chi connectivity index (χ3v) is 5.66. The number of amides is 1. The van der Waals surface area contributed by atoms with E-state index in [-0.39, 0.29) is 12.3 Å². The molecule has 4 rings (SSSR count). The second-order valence-corrected chi connectivity index (χ2v) is 7.71. The maximum absolute atomic E-state index is 12.3. The summed E-state index contributed by atoms with van der Waals surface area (Å²) >= 11 is 13.3. The lowest BCUT2D eigenvalue weighted by molar-refractivity contribution is -0.115. The lowest BCUT2D eigenvalue weighted by Gasteiger charge is -2.04. The normalized spacial score (nSPS) is 10.9. The number of hydrogen-bond donors (Lipinski definition) is 1. The van der Waals surface area contributed by atoms with Gasteiger partial charge in [-0.15, -0.1) is 11.3 Å². The zero-order chi connectivity index (χ0) is 18.8. The number of nitrogens with zero attached hydrogens (tertiary/aromatic N) is 1. The number of rotatable bonds is 4. The first kappa shape index (κ1) is 18.0. The van der Waals surface area contributed by atoms with Gasteiger partial charge in [0.05, 0.1) is 22.2 Å². The molecule has 3 aromatic carbocycles. The van der Waals surface area contributed by atoms with E-state index in [9.17, 15) is 4.79 Å². The number of benzene rings is 3. The standard InChI is InChI=1S/C21H14Cl2N2OS/c22-17-9-8-13(10-18(17)23)11-20(26)25-21-24-19(12-27-21)16-7-3-5-14-4-1-2-6-15(14)16/h1-10,12H,11H2,(H,24,25,26). The monoisotopic (exact) mass is 412 g/mol. The van der Waals surface area contributed by atoms with Gasteiger partial charge in [0, 0.05) is 10.9 Å². The average Bonchev–Trinajstić information content (AvgIpc) is 3.12. The number of aromatic nitrogens is 1. The summed E-state index contributed by atoms with van der Waals surface area (Å²) in [6.45, 7) is 0. The van der Waals surface area contributed by atoms with Crippen molar-refractivity contribution in [2.45, 2.75) is 6.42 Å². The van der Waals surface area contributed by atoms with E-state index in [1.165, 1.54) is 11.3 Å². The first-order valence-corrected chi connectivity index (χ1v) is 9.91. The second kappa shape index (κ2) is 7.69. The quantitative estimate of drug-likeness (QED) is 0.418. The fraction of sp³-hybridized carbons (Fsp3) is 0.0476. The maximum atomic E-state index is 12.3. The van der Waals surface area contributed by atoms with Gasteiger partial charge in [-0.1, -0.05) is 71.7 Å².